The Morgan fingerprint density at radius 3 is 2.12 bits per heavy atom. The molecule has 1 fully saturated rings. The monoisotopic (exact) mass is 357 g/mol. The molecule has 25 heavy (non-hydrogen) atoms. The van der Waals surface area contributed by atoms with E-state index in [1.54, 1.807) is 4.90 Å². The second kappa shape index (κ2) is 7.54. The third kappa shape index (κ3) is 4.71. The Hall–Kier alpha value is -2.58. The fourth-order valence-electron chi connectivity index (χ4n) is 2.53. The van der Waals surface area contributed by atoms with Crippen LogP contribution in [-0.4, -0.2) is 60.7 Å². The number of alkyl halides is 3. The van der Waals surface area contributed by atoms with Gasteiger partial charge >= 0.3 is 6.18 Å². The van der Waals surface area contributed by atoms with Crippen molar-refractivity contribution in [2.24, 2.45) is 0 Å². The summed E-state index contributed by atoms with van der Waals surface area (Å²) in [5, 5.41) is 0. The van der Waals surface area contributed by atoms with E-state index < -0.39 is 17.6 Å². The summed E-state index contributed by atoms with van der Waals surface area (Å²) < 4.78 is 37.9. The third-order valence-corrected chi connectivity index (χ3v) is 4.00. The zero-order valence-electron chi connectivity index (χ0n) is 13.6. The first-order chi connectivity index (χ1) is 11.7. The molecule has 3 amide bonds. The van der Waals surface area contributed by atoms with Gasteiger partial charge < -0.3 is 14.7 Å². The third-order valence-electron chi connectivity index (χ3n) is 4.00. The highest BCUT2D eigenvalue weighted by atomic mass is 19.4. The highest BCUT2D eigenvalue weighted by molar-refractivity contribution is 5.97. The summed E-state index contributed by atoms with van der Waals surface area (Å²) in [5.74, 6) is -0.764. The number of anilines is 1. The number of hydrogen-bond acceptors (Lipinski definition) is 3. The normalized spacial score (nSPS) is 15.0. The van der Waals surface area contributed by atoms with Gasteiger partial charge in [0.1, 0.15) is 6.54 Å². The molecule has 0 aromatic heterocycles. The number of halogens is 3. The van der Waals surface area contributed by atoms with Gasteiger partial charge in [-0.3, -0.25) is 14.4 Å². The van der Waals surface area contributed by atoms with Crippen LogP contribution in [0.4, 0.5) is 18.9 Å². The minimum Gasteiger partial charge on any atom is -0.342 e. The second-order valence-corrected chi connectivity index (χ2v) is 5.67. The van der Waals surface area contributed by atoms with Gasteiger partial charge in [-0.1, -0.05) is 0 Å². The van der Waals surface area contributed by atoms with E-state index >= 15 is 0 Å². The van der Waals surface area contributed by atoms with Gasteiger partial charge in [0.15, 0.2) is 0 Å². The standard InChI is InChI=1S/C16H18F3N3O3/c1-12(24)22(14-4-2-13(3-5-14)16(17,18)19)10-15(25)21-8-6-20(11-23)7-9-21/h2-5,11H,6-10H2,1H3. The minimum atomic E-state index is -4.46. The van der Waals surface area contributed by atoms with E-state index in [0.717, 1.165) is 17.0 Å². The molecule has 2 rings (SSSR count). The van der Waals surface area contributed by atoms with Gasteiger partial charge in [0.25, 0.3) is 0 Å². The van der Waals surface area contributed by atoms with Crippen LogP contribution in [0.3, 0.4) is 0 Å². The topological polar surface area (TPSA) is 60.9 Å². The molecule has 136 valence electrons. The first kappa shape index (κ1) is 18.8. The molecule has 0 radical (unpaired) electrons. The number of carbonyl (C=O) groups is 3. The van der Waals surface area contributed by atoms with Crippen LogP contribution in [0.15, 0.2) is 24.3 Å². The Labute approximate surface area is 142 Å². The fourth-order valence-corrected chi connectivity index (χ4v) is 2.53. The van der Waals surface area contributed by atoms with Crippen LogP contribution in [0.5, 0.6) is 0 Å². The maximum Gasteiger partial charge on any atom is 0.416 e. The van der Waals surface area contributed by atoms with E-state index in [-0.39, 0.29) is 18.1 Å². The fraction of sp³-hybridized carbons (Fsp3) is 0.438. The van der Waals surface area contributed by atoms with Crippen molar-refractivity contribution in [2.75, 3.05) is 37.6 Å². The minimum absolute atomic E-state index is 0.223. The van der Waals surface area contributed by atoms with Crippen molar-refractivity contribution in [1.82, 2.24) is 9.80 Å². The molecular formula is C16H18F3N3O3. The molecule has 1 aromatic carbocycles. The first-order valence-electron chi connectivity index (χ1n) is 7.65. The Balaban J connectivity index is 2.07. The van der Waals surface area contributed by atoms with Crippen molar-refractivity contribution in [2.45, 2.75) is 13.1 Å². The van der Waals surface area contributed by atoms with Crippen LogP contribution in [0.1, 0.15) is 12.5 Å². The molecule has 0 saturated carbocycles. The number of piperazine rings is 1. The van der Waals surface area contributed by atoms with Crippen LogP contribution in [0, 0.1) is 0 Å². The molecule has 1 aliphatic heterocycles. The molecule has 1 saturated heterocycles. The highest BCUT2D eigenvalue weighted by Gasteiger charge is 2.30. The first-order valence-corrected chi connectivity index (χ1v) is 7.65. The van der Waals surface area contributed by atoms with E-state index in [1.165, 1.54) is 24.0 Å². The lowest BCUT2D eigenvalue weighted by molar-refractivity contribution is -0.137. The number of amides is 3. The van der Waals surface area contributed by atoms with Crippen LogP contribution >= 0.6 is 0 Å². The van der Waals surface area contributed by atoms with E-state index in [9.17, 15) is 27.6 Å². The Morgan fingerprint density at radius 2 is 1.68 bits per heavy atom. The Bertz CT molecular complexity index is 638. The summed E-state index contributed by atoms with van der Waals surface area (Å²) in [6, 6.07) is 4.08. The molecule has 1 heterocycles. The average molecular weight is 357 g/mol. The lowest BCUT2D eigenvalue weighted by Gasteiger charge is -2.34. The van der Waals surface area contributed by atoms with E-state index in [1.807, 2.05) is 0 Å². The van der Waals surface area contributed by atoms with Gasteiger partial charge in [0.05, 0.1) is 5.56 Å². The van der Waals surface area contributed by atoms with Crippen molar-refractivity contribution >= 4 is 23.9 Å². The quantitative estimate of drug-likeness (QED) is 0.765. The molecule has 0 bridgehead atoms. The SMILES string of the molecule is CC(=O)N(CC(=O)N1CCN(C=O)CC1)c1ccc(C(F)(F)F)cc1. The lowest BCUT2D eigenvalue weighted by Crippen LogP contribution is -2.51. The van der Waals surface area contributed by atoms with Crippen molar-refractivity contribution < 1.29 is 27.6 Å². The number of nitrogens with zero attached hydrogens (tertiary/aromatic N) is 3. The van der Waals surface area contributed by atoms with Crippen LogP contribution in [-0.2, 0) is 20.6 Å². The second-order valence-electron chi connectivity index (χ2n) is 5.67. The Kier molecular flexibility index (Phi) is 5.66. The predicted octanol–water partition coefficient (Wildman–Crippen LogP) is 1.36. The molecule has 0 spiro atoms. The summed E-state index contributed by atoms with van der Waals surface area (Å²) in [6.45, 7) is 2.52. The van der Waals surface area contributed by atoms with E-state index in [4.69, 9.17) is 0 Å². The van der Waals surface area contributed by atoms with Gasteiger partial charge in [-0.25, -0.2) is 0 Å². The molecular weight excluding hydrogens is 339 g/mol. The molecule has 0 atom stereocenters. The summed E-state index contributed by atoms with van der Waals surface area (Å²) in [5.41, 5.74) is -0.601. The molecule has 6 nitrogen and oxygen atoms in total. The van der Waals surface area contributed by atoms with Crippen molar-refractivity contribution in [3.63, 3.8) is 0 Å². The smallest absolute Gasteiger partial charge is 0.342 e. The van der Waals surface area contributed by atoms with Gasteiger partial charge in [-0.05, 0) is 24.3 Å². The van der Waals surface area contributed by atoms with E-state index in [0.29, 0.717) is 32.6 Å². The molecule has 0 unspecified atom stereocenters. The van der Waals surface area contributed by atoms with Gasteiger partial charge in [0, 0.05) is 38.8 Å². The van der Waals surface area contributed by atoms with Crippen molar-refractivity contribution in [3.8, 4) is 0 Å². The average Bonchev–Trinajstić information content (AvgIpc) is 2.58. The van der Waals surface area contributed by atoms with Crippen molar-refractivity contribution in [3.05, 3.63) is 29.8 Å². The van der Waals surface area contributed by atoms with Crippen molar-refractivity contribution in [1.29, 1.82) is 0 Å². The zero-order chi connectivity index (χ0) is 18.6. The lowest BCUT2D eigenvalue weighted by atomic mass is 10.2. The maximum absolute atomic E-state index is 12.6. The molecule has 1 aromatic rings. The van der Waals surface area contributed by atoms with Crippen LogP contribution in [0.25, 0.3) is 0 Å². The van der Waals surface area contributed by atoms with Crippen LogP contribution in [0.2, 0.25) is 0 Å². The number of benzene rings is 1. The predicted molar refractivity (Wildman–Crippen MR) is 83.7 cm³/mol. The summed E-state index contributed by atoms with van der Waals surface area (Å²) >= 11 is 0. The number of carbonyl (C=O) groups excluding carboxylic acids is 3. The molecule has 9 heteroatoms. The number of rotatable bonds is 4. The maximum atomic E-state index is 12.6. The largest absolute Gasteiger partial charge is 0.416 e. The summed E-state index contributed by atoms with van der Waals surface area (Å²) in [4.78, 5) is 39.1. The summed E-state index contributed by atoms with van der Waals surface area (Å²) in [6.07, 6.45) is -3.75. The zero-order valence-corrected chi connectivity index (χ0v) is 13.6. The van der Waals surface area contributed by atoms with Gasteiger partial charge in [-0.2, -0.15) is 13.2 Å². The van der Waals surface area contributed by atoms with E-state index in [2.05, 4.69) is 0 Å². The van der Waals surface area contributed by atoms with Crippen LogP contribution < -0.4 is 4.90 Å². The molecule has 1 aliphatic rings. The number of hydrogen-bond donors (Lipinski definition) is 0. The van der Waals surface area contributed by atoms with Gasteiger partial charge in [-0.15, -0.1) is 0 Å². The molecule has 0 aliphatic carbocycles. The highest BCUT2D eigenvalue weighted by Crippen LogP contribution is 2.30. The summed E-state index contributed by atoms with van der Waals surface area (Å²) in [7, 11) is 0. The molecule has 0 N–H and O–H groups in total. The Morgan fingerprint density at radius 1 is 1.12 bits per heavy atom. The van der Waals surface area contributed by atoms with Gasteiger partial charge in [0.2, 0.25) is 18.2 Å².